The van der Waals surface area contributed by atoms with E-state index >= 15 is 0 Å². The smallest absolute Gasteiger partial charge is 0.327 e. The standard InChI is InChI=1S/C17H21N5O2.ClH/c1-9-8-11(6-5-7-22(3)4)13-12(10(9)2)18-14-15(19-13)20-17(24)21-16(14)23;/h8H,5-7H2,1-4H3,(H2,19,20,21,23,24);1H. The lowest BCUT2D eigenvalue weighted by atomic mass is 9.99. The molecule has 0 bridgehead atoms. The summed E-state index contributed by atoms with van der Waals surface area (Å²) in [6.45, 7) is 5.08. The number of benzene rings is 1. The van der Waals surface area contributed by atoms with Crippen LogP contribution in [0.3, 0.4) is 0 Å². The minimum absolute atomic E-state index is 0. The molecular formula is C17H22ClN5O2. The molecule has 8 heteroatoms. The molecule has 1 aromatic carbocycles. The van der Waals surface area contributed by atoms with E-state index in [0.717, 1.165) is 47.1 Å². The predicted molar refractivity (Wildman–Crippen MR) is 93.8 cm³/mol. The van der Waals surface area contributed by atoms with Crippen LogP contribution in [0.4, 0.5) is 0 Å². The molecule has 3 rings (SSSR count). The molecule has 3 N–H and O–H groups in total. The number of hydrogen-bond acceptors (Lipinski definition) is 4. The van der Waals surface area contributed by atoms with Crippen LogP contribution in [0.2, 0.25) is 0 Å². The zero-order chi connectivity index (χ0) is 17.4. The average molecular weight is 364 g/mol. The zero-order valence-electron chi connectivity index (χ0n) is 14.8. The second-order valence-electron chi connectivity index (χ2n) is 6.56. The van der Waals surface area contributed by atoms with Gasteiger partial charge < -0.3 is 17.3 Å². The van der Waals surface area contributed by atoms with Crippen LogP contribution in [-0.4, -0.2) is 40.6 Å². The molecule has 0 spiro atoms. The van der Waals surface area contributed by atoms with Crippen molar-refractivity contribution in [3.8, 4) is 0 Å². The molecule has 0 fully saturated rings. The van der Waals surface area contributed by atoms with E-state index in [1.54, 1.807) is 0 Å². The fourth-order valence-corrected chi connectivity index (χ4v) is 2.91. The van der Waals surface area contributed by atoms with Gasteiger partial charge in [0.15, 0.2) is 11.2 Å². The molecule has 0 unspecified atom stereocenters. The average Bonchev–Trinajstić information content (AvgIpc) is 2.50. The molecule has 7 nitrogen and oxygen atoms in total. The maximum Gasteiger partial charge on any atom is 0.327 e. The summed E-state index contributed by atoms with van der Waals surface area (Å²) in [6.07, 6.45) is 1.92. The lowest BCUT2D eigenvalue weighted by Crippen LogP contribution is -3.05. The van der Waals surface area contributed by atoms with E-state index in [9.17, 15) is 9.59 Å². The van der Waals surface area contributed by atoms with Crippen LogP contribution in [0.15, 0.2) is 15.7 Å². The van der Waals surface area contributed by atoms with Crippen molar-refractivity contribution in [2.24, 2.45) is 0 Å². The molecule has 0 atom stereocenters. The molecule has 0 aliphatic carbocycles. The lowest BCUT2D eigenvalue weighted by molar-refractivity contribution is -0.858. The number of fused-ring (bicyclic) bond motifs is 2. The summed E-state index contributed by atoms with van der Waals surface area (Å²) in [5.74, 6) is 0. The van der Waals surface area contributed by atoms with Gasteiger partial charge in [0, 0.05) is 6.42 Å². The normalized spacial score (nSPS) is 11.2. The number of rotatable bonds is 4. The maximum absolute atomic E-state index is 12.0. The second-order valence-corrected chi connectivity index (χ2v) is 6.56. The summed E-state index contributed by atoms with van der Waals surface area (Å²) in [5, 5.41) is 0. The molecule has 0 saturated heterocycles. The molecular weight excluding hydrogens is 342 g/mol. The Labute approximate surface area is 150 Å². The van der Waals surface area contributed by atoms with Gasteiger partial charge in [-0.05, 0) is 37.0 Å². The molecule has 0 saturated carbocycles. The van der Waals surface area contributed by atoms with Crippen LogP contribution in [0.25, 0.3) is 22.2 Å². The molecule has 0 aliphatic rings. The van der Waals surface area contributed by atoms with Crippen molar-refractivity contribution >= 4 is 22.2 Å². The monoisotopic (exact) mass is 363 g/mol. The quantitative estimate of drug-likeness (QED) is 0.427. The topological polar surface area (TPSA) is 95.9 Å². The van der Waals surface area contributed by atoms with Crippen molar-refractivity contribution in [1.29, 1.82) is 0 Å². The van der Waals surface area contributed by atoms with Crippen LogP contribution >= 0.6 is 0 Å². The number of aryl methyl sites for hydroxylation is 3. The first-order chi connectivity index (χ1) is 11.4. The number of halogens is 1. The number of H-pyrrole nitrogens is 2. The zero-order valence-corrected chi connectivity index (χ0v) is 15.5. The van der Waals surface area contributed by atoms with E-state index in [1.165, 1.54) is 4.90 Å². The summed E-state index contributed by atoms with van der Waals surface area (Å²) in [7, 11) is 4.26. The SMILES string of the molecule is Cc1cc(CCC[NH+](C)C)c2nc3[nH]c(=O)[nH]c(=O)c3nc2c1C.[Cl-]. The number of quaternary nitrogens is 1. The van der Waals surface area contributed by atoms with Gasteiger partial charge in [-0.2, -0.15) is 0 Å². The van der Waals surface area contributed by atoms with E-state index in [0.29, 0.717) is 0 Å². The van der Waals surface area contributed by atoms with Crippen LogP contribution < -0.4 is 28.6 Å². The number of aromatic amines is 2. The van der Waals surface area contributed by atoms with Crippen molar-refractivity contribution < 1.29 is 17.3 Å². The Morgan fingerprint density at radius 2 is 1.76 bits per heavy atom. The minimum Gasteiger partial charge on any atom is -1.00 e. The fraction of sp³-hybridized carbons (Fsp3) is 0.412. The summed E-state index contributed by atoms with van der Waals surface area (Å²) in [5.41, 5.74) is 4.05. The Morgan fingerprint density at radius 3 is 2.44 bits per heavy atom. The Morgan fingerprint density at radius 1 is 1.04 bits per heavy atom. The first-order valence-corrected chi connectivity index (χ1v) is 8.09. The number of nitrogens with one attached hydrogen (secondary N) is 3. The third-order valence-electron chi connectivity index (χ3n) is 4.33. The number of hydrogen-bond donors (Lipinski definition) is 3. The highest BCUT2D eigenvalue weighted by Gasteiger charge is 2.14. The van der Waals surface area contributed by atoms with Crippen molar-refractivity contribution in [3.05, 3.63) is 43.6 Å². The minimum atomic E-state index is -0.567. The first kappa shape index (κ1) is 19.1. The van der Waals surface area contributed by atoms with Gasteiger partial charge in [-0.3, -0.25) is 14.8 Å². The van der Waals surface area contributed by atoms with Crippen molar-refractivity contribution in [2.75, 3.05) is 20.6 Å². The highest BCUT2D eigenvalue weighted by Crippen LogP contribution is 2.24. The number of nitrogens with zero attached hydrogens (tertiary/aromatic N) is 2. The van der Waals surface area contributed by atoms with Gasteiger partial charge in [-0.25, -0.2) is 14.8 Å². The molecule has 134 valence electrons. The van der Waals surface area contributed by atoms with E-state index in [4.69, 9.17) is 0 Å². The van der Waals surface area contributed by atoms with Crippen molar-refractivity contribution in [1.82, 2.24) is 19.9 Å². The highest BCUT2D eigenvalue weighted by atomic mass is 35.5. The Bertz CT molecular complexity index is 1040. The lowest BCUT2D eigenvalue weighted by Gasteiger charge is -2.12. The molecule has 0 amide bonds. The number of aromatic nitrogens is 4. The Hall–Kier alpha value is -2.25. The van der Waals surface area contributed by atoms with Crippen LogP contribution in [0.1, 0.15) is 23.1 Å². The summed E-state index contributed by atoms with van der Waals surface area (Å²) in [6, 6.07) is 2.13. The van der Waals surface area contributed by atoms with E-state index in [1.807, 2.05) is 13.8 Å². The Balaban J connectivity index is 0.00000225. The molecule has 2 heterocycles. The summed E-state index contributed by atoms with van der Waals surface area (Å²) >= 11 is 0. The molecule has 3 aromatic rings. The van der Waals surface area contributed by atoms with Gasteiger partial charge in [0.05, 0.1) is 31.7 Å². The molecule has 2 aromatic heterocycles. The molecule has 0 radical (unpaired) electrons. The third-order valence-corrected chi connectivity index (χ3v) is 4.33. The van der Waals surface area contributed by atoms with Gasteiger partial charge in [-0.15, -0.1) is 0 Å². The van der Waals surface area contributed by atoms with Gasteiger partial charge in [0.1, 0.15) is 0 Å². The van der Waals surface area contributed by atoms with Crippen LogP contribution in [-0.2, 0) is 6.42 Å². The van der Waals surface area contributed by atoms with Crippen molar-refractivity contribution in [2.45, 2.75) is 26.7 Å². The molecule has 25 heavy (non-hydrogen) atoms. The van der Waals surface area contributed by atoms with E-state index in [-0.39, 0.29) is 23.6 Å². The van der Waals surface area contributed by atoms with Gasteiger partial charge in [0.2, 0.25) is 0 Å². The maximum atomic E-state index is 12.0. The highest BCUT2D eigenvalue weighted by molar-refractivity contribution is 5.88. The molecule has 0 aliphatic heterocycles. The van der Waals surface area contributed by atoms with Crippen LogP contribution in [0, 0.1) is 13.8 Å². The van der Waals surface area contributed by atoms with E-state index in [2.05, 4.69) is 40.1 Å². The fourth-order valence-electron chi connectivity index (χ4n) is 2.91. The van der Waals surface area contributed by atoms with Crippen LogP contribution in [0.5, 0.6) is 0 Å². The van der Waals surface area contributed by atoms with E-state index < -0.39 is 11.2 Å². The largest absolute Gasteiger partial charge is 1.00 e. The summed E-state index contributed by atoms with van der Waals surface area (Å²) < 4.78 is 0. The Kier molecular flexibility index (Phi) is 5.59. The van der Waals surface area contributed by atoms with Gasteiger partial charge in [-0.1, -0.05) is 6.07 Å². The second kappa shape index (κ2) is 7.33. The van der Waals surface area contributed by atoms with Gasteiger partial charge >= 0.3 is 5.69 Å². The van der Waals surface area contributed by atoms with Gasteiger partial charge in [0.25, 0.3) is 5.56 Å². The first-order valence-electron chi connectivity index (χ1n) is 8.09. The third kappa shape index (κ3) is 3.72. The van der Waals surface area contributed by atoms with Crippen molar-refractivity contribution in [3.63, 3.8) is 0 Å². The summed E-state index contributed by atoms with van der Waals surface area (Å²) in [4.78, 5) is 38.7. The predicted octanol–water partition coefficient (Wildman–Crippen LogP) is -3.14.